The summed E-state index contributed by atoms with van der Waals surface area (Å²) >= 11 is 0. The Morgan fingerprint density at radius 1 is 1.20 bits per heavy atom. The Morgan fingerprint density at radius 2 is 1.97 bits per heavy atom. The van der Waals surface area contributed by atoms with E-state index in [1.165, 1.54) is 0 Å². The van der Waals surface area contributed by atoms with Crippen LogP contribution in [0.1, 0.15) is 75.5 Å². The number of pyridine rings is 1. The van der Waals surface area contributed by atoms with E-state index in [1.807, 2.05) is 36.4 Å². The fraction of sp³-hybridized carbons (Fsp3) is 0.500. The monoisotopic (exact) mass is 415 g/mol. The first kappa shape index (κ1) is 24.0. The van der Waals surface area contributed by atoms with Crippen LogP contribution in [0.4, 0.5) is 0 Å². The lowest BCUT2D eigenvalue weighted by molar-refractivity contribution is -0.209. The number of hydrogen-bond acceptors (Lipinski definition) is 6. The molecule has 0 radical (unpaired) electrons. The summed E-state index contributed by atoms with van der Waals surface area (Å²) < 4.78 is 4.37. The number of aliphatic hydroxyl groups excluding tert-OH is 1. The number of esters is 1. The summed E-state index contributed by atoms with van der Waals surface area (Å²) in [5.74, 6) is -3.47. The highest BCUT2D eigenvalue weighted by Gasteiger charge is 2.33. The molecule has 0 aliphatic heterocycles. The zero-order chi connectivity index (χ0) is 22.0. The normalized spacial score (nSPS) is 13.1. The number of fused-ring (bicyclic) bond motifs is 1. The van der Waals surface area contributed by atoms with Gasteiger partial charge in [-0.05, 0) is 42.9 Å². The highest BCUT2D eigenvalue weighted by Crippen LogP contribution is 2.30. The topological polar surface area (TPSA) is 99.9 Å². The molecule has 0 spiro atoms. The largest absolute Gasteiger partial charge is 0.465 e. The Labute approximate surface area is 178 Å². The molecule has 6 nitrogen and oxygen atoms in total. The molecule has 0 saturated heterocycles. The Balaban J connectivity index is 2.05. The lowest BCUT2D eigenvalue weighted by atomic mass is 9.94. The quantitative estimate of drug-likeness (QED) is 0.272. The minimum absolute atomic E-state index is 0.0769. The highest BCUT2D eigenvalue weighted by atomic mass is 16.6. The van der Waals surface area contributed by atoms with E-state index in [0.717, 1.165) is 48.4 Å². The second-order valence-corrected chi connectivity index (χ2v) is 7.61. The van der Waals surface area contributed by atoms with Crippen molar-refractivity contribution < 1.29 is 24.9 Å². The van der Waals surface area contributed by atoms with E-state index < -0.39 is 17.9 Å². The molecule has 0 bridgehead atoms. The van der Waals surface area contributed by atoms with Gasteiger partial charge in [-0.2, -0.15) is 0 Å². The summed E-state index contributed by atoms with van der Waals surface area (Å²) in [6.07, 6.45) is 10.9. The number of unbranched alkanes of at least 4 members (excludes halogenated alkanes) is 4. The first-order chi connectivity index (χ1) is 14.4. The maximum Gasteiger partial charge on any atom is 0.366 e. The van der Waals surface area contributed by atoms with Crippen LogP contribution in [0.15, 0.2) is 36.5 Å². The van der Waals surface area contributed by atoms with Crippen molar-refractivity contribution in [3.63, 3.8) is 0 Å². The molecule has 1 heterocycles. The smallest absolute Gasteiger partial charge is 0.366 e. The molecule has 1 aromatic heterocycles. The van der Waals surface area contributed by atoms with E-state index >= 15 is 0 Å². The summed E-state index contributed by atoms with van der Waals surface area (Å²) in [4.78, 5) is 15.8. The van der Waals surface area contributed by atoms with Crippen molar-refractivity contribution in [1.82, 2.24) is 4.98 Å². The lowest BCUT2D eigenvalue weighted by Gasteiger charge is -2.18. The number of carbonyl (C=O) groups excluding carboxylic acids is 1. The second kappa shape index (κ2) is 11.8. The summed E-state index contributed by atoms with van der Waals surface area (Å²) in [6.45, 7) is 2.14. The number of allylic oxidation sites excluding steroid dienone is 1. The van der Waals surface area contributed by atoms with Crippen LogP contribution in [0.2, 0.25) is 0 Å². The standard InChI is InChI=1S/C24H33NO5/c1-3-4-7-15-21(26)22-18(17-25-20-14-10-9-13-19(20)22)12-8-5-6-11-16-24(28,29)23(27)30-2/h8-10,12-14,17,21,26,28-29H,3-7,11,15-16H2,1-2H3/b12-8+. The van der Waals surface area contributed by atoms with Gasteiger partial charge in [0.25, 0.3) is 5.79 Å². The minimum atomic E-state index is -2.43. The SMILES string of the molecule is CCCCCC(O)c1c(/C=C/CCCCC(O)(O)C(=O)OC)cnc2ccccc12. The van der Waals surface area contributed by atoms with E-state index in [1.54, 1.807) is 6.20 Å². The summed E-state index contributed by atoms with van der Waals surface area (Å²) in [5.41, 5.74) is 2.67. The average Bonchev–Trinajstić information content (AvgIpc) is 2.75. The zero-order valence-electron chi connectivity index (χ0n) is 17.9. The predicted molar refractivity (Wildman–Crippen MR) is 118 cm³/mol. The van der Waals surface area contributed by atoms with Crippen molar-refractivity contribution in [2.24, 2.45) is 0 Å². The Bertz CT molecular complexity index is 847. The van der Waals surface area contributed by atoms with E-state index in [2.05, 4.69) is 16.6 Å². The molecular weight excluding hydrogens is 382 g/mol. The maximum absolute atomic E-state index is 11.3. The predicted octanol–water partition coefficient (Wildman–Crippen LogP) is 4.28. The molecule has 0 fully saturated rings. The number of benzene rings is 1. The maximum atomic E-state index is 11.3. The van der Waals surface area contributed by atoms with E-state index in [0.29, 0.717) is 25.7 Å². The number of hydrogen-bond donors (Lipinski definition) is 3. The van der Waals surface area contributed by atoms with Gasteiger partial charge in [0.1, 0.15) is 0 Å². The number of ether oxygens (including phenoxy) is 1. The number of aromatic nitrogens is 1. The first-order valence-electron chi connectivity index (χ1n) is 10.7. The summed E-state index contributed by atoms with van der Waals surface area (Å²) in [5, 5.41) is 31.1. The van der Waals surface area contributed by atoms with Crippen LogP contribution < -0.4 is 0 Å². The molecule has 0 saturated carbocycles. The van der Waals surface area contributed by atoms with Gasteiger partial charge in [-0.3, -0.25) is 4.98 Å². The van der Waals surface area contributed by atoms with Gasteiger partial charge in [0.15, 0.2) is 0 Å². The number of carbonyl (C=O) groups is 1. The molecule has 164 valence electrons. The molecule has 0 amide bonds. The third-order valence-corrected chi connectivity index (χ3v) is 5.22. The van der Waals surface area contributed by atoms with Gasteiger partial charge in [-0.1, -0.05) is 56.5 Å². The molecule has 1 unspecified atom stereocenters. The van der Waals surface area contributed by atoms with Crippen molar-refractivity contribution in [3.05, 3.63) is 47.7 Å². The van der Waals surface area contributed by atoms with Crippen molar-refractivity contribution in [2.45, 2.75) is 70.2 Å². The Morgan fingerprint density at radius 3 is 2.70 bits per heavy atom. The van der Waals surface area contributed by atoms with Crippen LogP contribution in [-0.4, -0.2) is 39.2 Å². The third kappa shape index (κ3) is 6.62. The molecule has 1 atom stereocenters. The van der Waals surface area contributed by atoms with Gasteiger partial charge < -0.3 is 20.1 Å². The lowest BCUT2D eigenvalue weighted by Crippen LogP contribution is -2.39. The average molecular weight is 416 g/mol. The molecule has 1 aromatic carbocycles. The molecule has 2 aromatic rings. The zero-order valence-corrected chi connectivity index (χ0v) is 17.9. The summed E-state index contributed by atoms with van der Waals surface area (Å²) in [6, 6.07) is 7.83. The van der Waals surface area contributed by atoms with Crippen LogP contribution in [0.5, 0.6) is 0 Å². The van der Waals surface area contributed by atoms with E-state index in [4.69, 9.17) is 0 Å². The molecule has 3 N–H and O–H groups in total. The van der Waals surface area contributed by atoms with Gasteiger partial charge in [0.2, 0.25) is 0 Å². The van der Waals surface area contributed by atoms with Gasteiger partial charge in [-0.25, -0.2) is 4.79 Å². The van der Waals surface area contributed by atoms with Gasteiger partial charge >= 0.3 is 5.97 Å². The molecule has 0 aliphatic carbocycles. The molecule has 6 heteroatoms. The fourth-order valence-electron chi connectivity index (χ4n) is 3.52. The van der Waals surface area contributed by atoms with Gasteiger partial charge in [-0.15, -0.1) is 0 Å². The number of para-hydroxylation sites is 1. The van der Waals surface area contributed by atoms with Gasteiger partial charge in [0, 0.05) is 18.0 Å². The molecule has 0 aliphatic rings. The second-order valence-electron chi connectivity index (χ2n) is 7.61. The molecule has 30 heavy (non-hydrogen) atoms. The Hall–Kier alpha value is -2.28. The van der Waals surface area contributed by atoms with Crippen LogP contribution in [0, 0.1) is 0 Å². The van der Waals surface area contributed by atoms with E-state index in [-0.39, 0.29) is 6.42 Å². The highest BCUT2D eigenvalue weighted by molar-refractivity contribution is 5.85. The van der Waals surface area contributed by atoms with Crippen molar-refractivity contribution in [1.29, 1.82) is 0 Å². The first-order valence-corrected chi connectivity index (χ1v) is 10.7. The third-order valence-electron chi connectivity index (χ3n) is 5.22. The van der Waals surface area contributed by atoms with E-state index in [9.17, 15) is 20.1 Å². The van der Waals surface area contributed by atoms with Crippen LogP contribution in [0.25, 0.3) is 17.0 Å². The number of rotatable bonds is 12. The van der Waals surface area contributed by atoms with Crippen molar-refractivity contribution >= 4 is 22.9 Å². The fourth-order valence-corrected chi connectivity index (χ4v) is 3.52. The minimum Gasteiger partial charge on any atom is -0.465 e. The molecular formula is C24H33NO5. The van der Waals surface area contributed by atoms with Gasteiger partial charge in [0.05, 0.1) is 18.7 Å². The van der Waals surface area contributed by atoms with Crippen LogP contribution in [-0.2, 0) is 9.53 Å². The van der Waals surface area contributed by atoms with Crippen LogP contribution >= 0.6 is 0 Å². The molecule has 2 rings (SSSR count). The Kier molecular flexibility index (Phi) is 9.43. The number of methoxy groups -OCH3 is 1. The van der Waals surface area contributed by atoms with Crippen molar-refractivity contribution in [3.8, 4) is 0 Å². The van der Waals surface area contributed by atoms with Crippen LogP contribution in [0.3, 0.4) is 0 Å². The van der Waals surface area contributed by atoms with Crippen molar-refractivity contribution in [2.75, 3.05) is 7.11 Å². The number of aliphatic hydroxyl groups is 3. The number of nitrogens with zero attached hydrogens (tertiary/aromatic N) is 1. The summed E-state index contributed by atoms with van der Waals surface area (Å²) in [7, 11) is 1.12.